The van der Waals surface area contributed by atoms with Crippen LogP contribution in [-0.2, 0) is 16.0 Å². The highest BCUT2D eigenvalue weighted by atomic mass is 19.2. The number of ether oxygens (including phenoxy) is 2. The highest BCUT2D eigenvalue weighted by Crippen LogP contribution is 2.44. The van der Waals surface area contributed by atoms with Gasteiger partial charge in [0.05, 0.1) is 18.7 Å². The number of benzene rings is 3. The van der Waals surface area contributed by atoms with Crippen LogP contribution in [0.3, 0.4) is 0 Å². The first kappa shape index (κ1) is 23.3. The van der Waals surface area contributed by atoms with Crippen LogP contribution >= 0.6 is 0 Å². The van der Waals surface area contributed by atoms with Gasteiger partial charge in [0.1, 0.15) is 17.6 Å². The summed E-state index contributed by atoms with van der Waals surface area (Å²) in [4.78, 5) is 27.4. The lowest BCUT2D eigenvalue weighted by Crippen LogP contribution is -2.29. The number of methoxy groups -OCH3 is 1. The Morgan fingerprint density at radius 2 is 1.83 bits per heavy atom. The molecule has 2 aliphatic heterocycles. The van der Waals surface area contributed by atoms with Crippen LogP contribution in [0.5, 0.6) is 17.2 Å². The normalized spacial score (nSPS) is 20.4. The van der Waals surface area contributed by atoms with Crippen molar-refractivity contribution in [3.63, 3.8) is 0 Å². The molecule has 0 radical (unpaired) electrons. The van der Waals surface area contributed by atoms with Gasteiger partial charge in [0.25, 0.3) is 11.7 Å². The Bertz CT molecular complexity index is 1450. The van der Waals surface area contributed by atoms with E-state index in [2.05, 4.69) is 0 Å². The van der Waals surface area contributed by atoms with E-state index in [-0.39, 0.29) is 40.0 Å². The standard InChI is InChI=1S/C27H21F2NO6/c1-13-9-16-10-15(4-7-21(16)36-13)25(32)23-24(14-3-8-22(35-2)20(31)11-14)30(27(34)26(23)33)17-5-6-18(28)19(29)12-17/h3-8,10-13,24,31-32H,9H2,1-2H3/b25-23-. The topological polar surface area (TPSA) is 96.3 Å². The minimum Gasteiger partial charge on any atom is -0.507 e. The molecule has 2 unspecified atom stereocenters. The number of halogens is 2. The molecule has 1 saturated heterocycles. The maximum atomic E-state index is 14.1. The van der Waals surface area contributed by atoms with Gasteiger partial charge in [0.15, 0.2) is 23.1 Å². The van der Waals surface area contributed by atoms with E-state index < -0.39 is 35.1 Å². The molecular weight excluding hydrogens is 472 g/mol. The van der Waals surface area contributed by atoms with Gasteiger partial charge in [-0.05, 0) is 60.5 Å². The summed E-state index contributed by atoms with van der Waals surface area (Å²) >= 11 is 0. The van der Waals surface area contributed by atoms with Gasteiger partial charge in [-0.15, -0.1) is 0 Å². The average molecular weight is 493 g/mol. The number of amides is 1. The quantitative estimate of drug-likeness (QED) is 0.313. The molecule has 3 aromatic rings. The Labute approximate surface area is 204 Å². The summed E-state index contributed by atoms with van der Waals surface area (Å²) in [6.45, 7) is 1.91. The smallest absolute Gasteiger partial charge is 0.300 e. The van der Waals surface area contributed by atoms with Crippen molar-refractivity contribution in [3.8, 4) is 17.2 Å². The van der Waals surface area contributed by atoms with E-state index in [4.69, 9.17) is 9.47 Å². The predicted molar refractivity (Wildman–Crippen MR) is 126 cm³/mol. The van der Waals surface area contributed by atoms with Crippen LogP contribution < -0.4 is 14.4 Å². The Kier molecular flexibility index (Phi) is 5.62. The van der Waals surface area contributed by atoms with Crippen molar-refractivity contribution in [3.05, 3.63) is 88.5 Å². The maximum Gasteiger partial charge on any atom is 0.300 e. The summed E-state index contributed by atoms with van der Waals surface area (Å²) < 4.78 is 38.5. The second-order valence-corrected chi connectivity index (χ2v) is 8.65. The van der Waals surface area contributed by atoms with Gasteiger partial charge in [0.2, 0.25) is 0 Å². The number of aliphatic hydroxyl groups is 1. The van der Waals surface area contributed by atoms with E-state index >= 15 is 0 Å². The molecule has 0 bridgehead atoms. The van der Waals surface area contributed by atoms with E-state index in [0.29, 0.717) is 12.2 Å². The molecule has 3 aromatic carbocycles. The fraction of sp³-hybridized carbons (Fsp3) is 0.185. The van der Waals surface area contributed by atoms with Gasteiger partial charge in [-0.2, -0.15) is 0 Å². The maximum absolute atomic E-state index is 14.1. The van der Waals surface area contributed by atoms with Crippen molar-refractivity contribution in [2.45, 2.75) is 25.5 Å². The minimum absolute atomic E-state index is 0.0429. The van der Waals surface area contributed by atoms with E-state index in [1.165, 1.54) is 25.3 Å². The summed E-state index contributed by atoms with van der Waals surface area (Å²) in [6.07, 6.45) is 0.564. The molecule has 0 aromatic heterocycles. The van der Waals surface area contributed by atoms with Crippen LogP contribution in [0.1, 0.15) is 29.7 Å². The molecule has 2 atom stereocenters. The van der Waals surface area contributed by atoms with Crippen molar-refractivity contribution < 1.29 is 38.1 Å². The summed E-state index contributed by atoms with van der Waals surface area (Å²) in [5.41, 5.74) is 1.02. The lowest BCUT2D eigenvalue weighted by molar-refractivity contribution is -0.132. The predicted octanol–water partition coefficient (Wildman–Crippen LogP) is 4.63. The molecule has 0 spiro atoms. The molecule has 0 saturated carbocycles. The van der Waals surface area contributed by atoms with Crippen LogP contribution in [0.2, 0.25) is 0 Å². The zero-order valence-corrected chi connectivity index (χ0v) is 19.3. The number of anilines is 1. The number of rotatable bonds is 4. The lowest BCUT2D eigenvalue weighted by Gasteiger charge is -2.26. The Morgan fingerprint density at radius 3 is 2.53 bits per heavy atom. The number of nitrogens with zero attached hydrogens (tertiary/aromatic N) is 1. The van der Waals surface area contributed by atoms with Gasteiger partial charge in [-0.1, -0.05) is 6.07 Å². The number of Topliss-reactive ketones (excluding diaryl/α,β-unsaturated/α-hetero) is 1. The van der Waals surface area contributed by atoms with Crippen molar-refractivity contribution in [1.29, 1.82) is 0 Å². The Hall–Kier alpha value is -4.40. The van der Waals surface area contributed by atoms with Gasteiger partial charge >= 0.3 is 0 Å². The molecule has 2 heterocycles. The summed E-state index contributed by atoms with van der Waals surface area (Å²) in [5, 5.41) is 21.7. The first-order valence-corrected chi connectivity index (χ1v) is 11.1. The first-order chi connectivity index (χ1) is 17.2. The van der Waals surface area contributed by atoms with Crippen LogP contribution in [-0.4, -0.2) is 35.1 Å². The van der Waals surface area contributed by atoms with Crippen molar-refractivity contribution in [1.82, 2.24) is 0 Å². The van der Waals surface area contributed by atoms with E-state index in [1.807, 2.05) is 6.92 Å². The lowest BCUT2D eigenvalue weighted by atomic mass is 9.94. The number of hydrogen-bond acceptors (Lipinski definition) is 6. The van der Waals surface area contributed by atoms with Crippen LogP contribution in [0.4, 0.5) is 14.5 Å². The number of phenolic OH excluding ortho intramolecular Hbond substituents is 1. The third kappa shape index (κ3) is 3.73. The monoisotopic (exact) mass is 493 g/mol. The molecule has 0 aliphatic carbocycles. The van der Waals surface area contributed by atoms with Gasteiger partial charge < -0.3 is 19.7 Å². The van der Waals surface area contributed by atoms with Gasteiger partial charge in [-0.3, -0.25) is 14.5 Å². The molecule has 1 fully saturated rings. The molecule has 36 heavy (non-hydrogen) atoms. The van der Waals surface area contributed by atoms with E-state index in [9.17, 15) is 28.6 Å². The van der Waals surface area contributed by atoms with Crippen LogP contribution in [0.25, 0.3) is 5.76 Å². The molecule has 1 amide bonds. The summed E-state index contributed by atoms with van der Waals surface area (Å²) in [5.74, 6) is -4.28. The molecule has 184 valence electrons. The molecule has 5 rings (SSSR count). The van der Waals surface area contributed by atoms with E-state index in [0.717, 1.165) is 28.7 Å². The highest BCUT2D eigenvalue weighted by Gasteiger charge is 2.47. The largest absolute Gasteiger partial charge is 0.507 e. The number of hydrogen-bond donors (Lipinski definition) is 2. The number of ketones is 1. The molecular formula is C27H21F2NO6. The number of aliphatic hydroxyl groups excluding tert-OH is 1. The van der Waals surface area contributed by atoms with Gasteiger partial charge in [0, 0.05) is 23.7 Å². The fourth-order valence-electron chi connectivity index (χ4n) is 4.65. The molecule has 2 N–H and O–H groups in total. The summed E-state index contributed by atoms with van der Waals surface area (Å²) in [7, 11) is 1.36. The Balaban J connectivity index is 1.71. The Morgan fingerprint density at radius 1 is 1.06 bits per heavy atom. The van der Waals surface area contributed by atoms with Crippen LogP contribution in [0.15, 0.2) is 60.2 Å². The number of carbonyl (C=O) groups excluding carboxylic acids is 2. The zero-order valence-electron chi connectivity index (χ0n) is 19.3. The number of carbonyl (C=O) groups is 2. The molecule has 7 nitrogen and oxygen atoms in total. The SMILES string of the molecule is COc1ccc(C2/C(=C(/O)c3ccc4c(c3)CC(C)O4)C(=O)C(=O)N2c2ccc(F)c(F)c2)cc1O. The molecule has 2 aliphatic rings. The third-order valence-electron chi connectivity index (χ3n) is 6.31. The summed E-state index contributed by atoms with van der Waals surface area (Å²) in [6, 6.07) is 10.7. The fourth-order valence-corrected chi connectivity index (χ4v) is 4.65. The molecule has 9 heteroatoms. The van der Waals surface area contributed by atoms with Gasteiger partial charge in [-0.25, -0.2) is 8.78 Å². The number of phenols is 1. The van der Waals surface area contributed by atoms with Crippen molar-refractivity contribution in [2.75, 3.05) is 12.0 Å². The second-order valence-electron chi connectivity index (χ2n) is 8.65. The minimum atomic E-state index is -1.24. The average Bonchev–Trinajstić information content (AvgIpc) is 3.35. The zero-order chi connectivity index (χ0) is 25.7. The van der Waals surface area contributed by atoms with Crippen LogP contribution in [0, 0.1) is 11.6 Å². The highest BCUT2D eigenvalue weighted by molar-refractivity contribution is 6.51. The number of fused-ring (bicyclic) bond motifs is 1. The van der Waals surface area contributed by atoms with Crippen molar-refractivity contribution in [2.24, 2.45) is 0 Å². The van der Waals surface area contributed by atoms with Crippen molar-refractivity contribution >= 4 is 23.1 Å². The third-order valence-corrected chi connectivity index (χ3v) is 6.31. The van der Waals surface area contributed by atoms with E-state index in [1.54, 1.807) is 18.2 Å². The number of aromatic hydroxyl groups is 1. The first-order valence-electron chi connectivity index (χ1n) is 11.1. The second kappa shape index (κ2) is 8.67.